The Hall–Kier alpha value is -2.92. The Balaban J connectivity index is 1.65. The Morgan fingerprint density at radius 3 is 2.00 bits per heavy atom. The lowest BCUT2D eigenvalue weighted by molar-refractivity contribution is -0.122. The zero-order chi connectivity index (χ0) is 20.5. The van der Waals surface area contributed by atoms with Crippen LogP contribution in [0.2, 0.25) is 0 Å². The molecule has 0 bridgehead atoms. The minimum Gasteiger partial charge on any atom is -0.354 e. The molecule has 29 heavy (non-hydrogen) atoms. The molecular formula is C24H23BrN2O2. The van der Waals surface area contributed by atoms with Gasteiger partial charge in [0, 0.05) is 23.0 Å². The number of amides is 2. The number of benzene rings is 3. The molecule has 148 valence electrons. The van der Waals surface area contributed by atoms with Gasteiger partial charge in [-0.15, -0.1) is 0 Å². The maximum Gasteiger partial charge on any atom is 0.251 e. The molecular weight excluding hydrogens is 428 g/mol. The molecule has 0 fully saturated rings. The van der Waals surface area contributed by atoms with E-state index in [4.69, 9.17) is 0 Å². The van der Waals surface area contributed by atoms with Crippen molar-refractivity contribution in [2.75, 3.05) is 6.54 Å². The highest BCUT2D eigenvalue weighted by Crippen LogP contribution is 2.11. The second kappa shape index (κ2) is 10.6. The molecule has 2 amide bonds. The van der Waals surface area contributed by atoms with E-state index in [0.29, 0.717) is 18.5 Å². The van der Waals surface area contributed by atoms with Crippen LogP contribution in [0.1, 0.15) is 21.5 Å². The molecule has 0 heterocycles. The van der Waals surface area contributed by atoms with E-state index in [-0.39, 0.29) is 11.8 Å². The van der Waals surface area contributed by atoms with E-state index in [1.165, 1.54) is 0 Å². The van der Waals surface area contributed by atoms with Crippen molar-refractivity contribution in [3.63, 3.8) is 0 Å². The topological polar surface area (TPSA) is 58.2 Å². The molecule has 3 aromatic carbocycles. The van der Waals surface area contributed by atoms with Crippen molar-refractivity contribution in [1.29, 1.82) is 0 Å². The van der Waals surface area contributed by atoms with Gasteiger partial charge in [0.05, 0.1) is 0 Å². The van der Waals surface area contributed by atoms with E-state index < -0.39 is 6.04 Å². The van der Waals surface area contributed by atoms with Gasteiger partial charge in [-0.1, -0.05) is 76.6 Å². The molecule has 0 saturated carbocycles. The maximum absolute atomic E-state index is 12.8. The lowest BCUT2D eigenvalue weighted by Crippen LogP contribution is -2.48. The largest absolute Gasteiger partial charge is 0.354 e. The van der Waals surface area contributed by atoms with Crippen molar-refractivity contribution in [2.24, 2.45) is 0 Å². The van der Waals surface area contributed by atoms with Gasteiger partial charge < -0.3 is 10.6 Å². The summed E-state index contributed by atoms with van der Waals surface area (Å²) in [4.78, 5) is 25.5. The minimum absolute atomic E-state index is 0.185. The van der Waals surface area contributed by atoms with Gasteiger partial charge in [-0.25, -0.2) is 0 Å². The number of hydrogen-bond acceptors (Lipinski definition) is 2. The molecule has 0 aliphatic heterocycles. The molecule has 1 atom stereocenters. The summed E-state index contributed by atoms with van der Waals surface area (Å²) in [5, 5.41) is 5.84. The molecule has 0 radical (unpaired) electrons. The first-order valence-corrected chi connectivity index (χ1v) is 10.3. The Morgan fingerprint density at radius 2 is 1.38 bits per heavy atom. The summed E-state index contributed by atoms with van der Waals surface area (Å²) in [6.07, 6.45) is 1.17. The van der Waals surface area contributed by atoms with Crippen LogP contribution >= 0.6 is 15.9 Å². The predicted octanol–water partition coefficient (Wildman–Crippen LogP) is 4.15. The van der Waals surface area contributed by atoms with Gasteiger partial charge in [0.2, 0.25) is 5.91 Å². The van der Waals surface area contributed by atoms with Crippen molar-refractivity contribution in [2.45, 2.75) is 18.9 Å². The molecule has 2 N–H and O–H groups in total. The van der Waals surface area contributed by atoms with E-state index in [1.807, 2.05) is 60.7 Å². The van der Waals surface area contributed by atoms with Crippen molar-refractivity contribution in [1.82, 2.24) is 10.6 Å². The Kier molecular flexibility index (Phi) is 7.59. The molecule has 0 saturated heterocycles. The summed E-state index contributed by atoms with van der Waals surface area (Å²) >= 11 is 3.36. The first kappa shape index (κ1) is 20.8. The maximum atomic E-state index is 12.8. The summed E-state index contributed by atoms with van der Waals surface area (Å²) < 4.78 is 0.897. The Labute approximate surface area is 179 Å². The van der Waals surface area contributed by atoms with Crippen molar-refractivity contribution >= 4 is 27.7 Å². The fourth-order valence-corrected chi connectivity index (χ4v) is 3.26. The van der Waals surface area contributed by atoms with Gasteiger partial charge in [0.1, 0.15) is 6.04 Å². The van der Waals surface area contributed by atoms with Gasteiger partial charge in [-0.3, -0.25) is 9.59 Å². The van der Waals surface area contributed by atoms with Crippen LogP contribution in [0.4, 0.5) is 0 Å². The second-order valence-corrected chi connectivity index (χ2v) is 7.66. The van der Waals surface area contributed by atoms with E-state index >= 15 is 0 Å². The highest BCUT2D eigenvalue weighted by molar-refractivity contribution is 9.10. The van der Waals surface area contributed by atoms with Gasteiger partial charge in [0.15, 0.2) is 0 Å². The molecule has 5 heteroatoms. The Bertz CT molecular complexity index is 928. The first-order chi connectivity index (χ1) is 14.1. The first-order valence-electron chi connectivity index (χ1n) is 9.54. The fraction of sp³-hybridized carbons (Fsp3) is 0.167. The molecule has 0 spiro atoms. The lowest BCUT2D eigenvalue weighted by Gasteiger charge is -2.19. The van der Waals surface area contributed by atoms with Gasteiger partial charge >= 0.3 is 0 Å². The molecule has 0 aliphatic rings. The van der Waals surface area contributed by atoms with E-state index in [2.05, 4.69) is 26.6 Å². The normalized spacial score (nSPS) is 11.5. The van der Waals surface area contributed by atoms with Gasteiger partial charge in [0.25, 0.3) is 5.91 Å². The van der Waals surface area contributed by atoms with Crippen LogP contribution in [0.5, 0.6) is 0 Å². The number of carbonyl (C=O) groups is 2. The van der Waals surface area contributed by atoms with Crippen LogP contribution in [0.25, 0.3) is 0 Å². The average molecular weight is 451 g/mol. The fourth-order valence-electron chi connectivity index (χ4n) is 3.00. The van der Waals surface area contributed by atoms with E-state index in [9.17, 15) is 9.59 Å². The number of carbonyl (C=O) groups excluding carboxylic acids is 2. The third-order valence-corrected chi connectivity index (χ3v) is 5.10. The SMILES string of the molecule is O=C(NC(Cc1ccccc1)C(=O)NCCc1ccccc1)c1ccc(Br)cc1. The summed E-state index contributed by atoms with van der Waals surface area (Å²) in [6.45, 7) is 0.516. The number of nitrogens with one attached hydrogen (secondary N) is 2. The van der Waals surface area contributed by atoms with Crippen LogP contribution in [0.15, 0.2) is 89.4 Å². The second-order valence-electron chi connectivity index (χ2n) is 6.75. The molecule has 3 aromatic rings. The van der Waals surface area contributed by atoms with Crippen molar-refractivity contribution < 1.29 is 9.59 Å². The summed E-state index contributed by atoms with van der Waals surface area (Å²) in [5.74, 6) is -0.452. The van der Waals surface area contributed by atoms with E-state index in [0.717, 1.165) is 22.0 Å². The van der Waals surface area contributed by atoms with Crippen molar-refractivity contribution in [3.05, 3.63) is 106 Å². The Morgan fingerprint density at radius 1 is 0.793 bits per heavy atom. The highest BCUT2D eigenvalue weighted by atomic mass is 79.9. The molecule has 0 aromatic heterocycles. The van der Waals surface area contributed by atoms with Crippen LogP contribution in [0.3, 0.4) is 0 Å². The van der Waals surface area contributed by atoms with Gasteiger partial charge in [-0.2, -0.15) is 0 Å². The van der Waals surface area contributed by atoms with Crippen LogP contribution in [-0.4, -0.2) is 24.4 Å². The number of halogens is 1. The van der Waals surface area contributed by atoms with Gasteiger partial charge in [-0.05, 0) is 41.8 Å². The summed E-state index contributed by atoms with van der Waals surface area (Å²) in [6, 6.07) is 26.1. The zero-order valence-corrected chi connectivity index (χ0v) is 17.6. The van der Waals surface area contributed by atoms with Crippen molar-refractivity contribution in [3.8, 4) is 0 Å². The minimum atomic E-state index is -0.649. The van der Waals surface area contributed by atoms with E-state index in [1.54, 1.807) is 24.3 Å². The highest BCUT2D eigenvalue weighted by Gasteiger charge is 2.21. The molecule has 3 rings (SSSR count). The molecule has 0 aliphatic carbocycles. The van der Waals surface area contributed by atoms with Crippen LogP contribution in [-0.2, 0) is 17.6 Å². The smallest absolute Gasteiger partial charge is 0.251 e. The average Bonchev–Trinajstić information content (AvgIpc) is 2.75. The quantitative estimate of drug-likeness (QED) is 0.541. The number of rotatable bonds is 8. The zero-order valence-electron chi connectivity index (χ0n) is 16.0. The summed E-state index contributed by atoms with van der Waals surface area (Å²) in [7, 11) is 0. The number of hydrogen-bond donors (Lipinski definition) is 2. The third-order valence-electron chi connectivity index (χ3n) is 4.57. The summed E-state index contributed by atoms with van der Waals surface area (Å²) in [5.41, 5.74) is 2.67. The third kappa shape index (κ3) is 6.57. The van der Waals surface area contributed by atoms with Crippen LogP contribution < -0.4 is 10.6 Å². The van der Waals surface area contributed by atoms with Crippen LogP contribution in [0, 0.1) is 0 Å². The standard InChI is InChI=1S/C24H23BrN2O2/c25-21-13-11-20(12-14-21)23(28)27-22(17-19-9-5-2-6-10-19)24(29)26-16-15-18-7-3-1-4-8-18/h1-14,22H,15-17H2,(H,26,29)(H,27,28). The molecule has 1 unspecified atom stereocenters. The predicted molar refractivity (Wildman–Crippen MR) is 119 cm³/mol. The molecule has 4 nitrogen and oxygen atoms in total. The lowest BCUT2D eigenvalue weighted by atomic mass is 10.0. The monoisotopic (exact) mass is 450 g/mol.